The number of hydrogen-bond donors (Lipinski definition) is 2. The zero-order chi connectivity index (χ0) is 17.6. The highest BCUT2D eigenvalue weighted by molar-refractivity contribution is 6.03. The first-order chi connectivity index (χ1) is 12.2. The van der Waals surface area contributed by atoms with Gasteiger partial charge in [0.25, 0.3) is 5.91 Å². The Hall–Kier alpha value is -2.96. The van der Waals surface area contributed by atoms with Gasteiger partial charge in [0, 0.05) is 17.8 Å². The summed E-state index contributed by atoms with van der Waals surface area (Å²) in [6, 6.07) is 8.53. The Balaban J connectivity index is 1.65. The molecule has 0 saturated heterocycles. The molecular formula is C18H20N4O3. The maximum atomic E-state index is 12.4. The third-order valence-electron chi connectivity index (χ3n) is 4.17. The van der Waals surface area contributed by atoms with Gasteiger partial charge < -0.3 is 15.4 Å². The van der Waals surface area contributed by atoms with Gasteiger partial charge in [-0.05, 0) is 37.1 Å². The van der Waals surface area contributed by atoms with Crippen LogP contribution in [0.5, 0.6) is 0 Å². The van der Waals surface area contributed by atoms with E-state index in [-0.39, 0.29) is 11.6 Å². The Bertz CT molecular complexity index is 755. The lowest BCUT2D eigenvalue weighted by Gasteiger charge is -2.12. The number of carbonyl (C=O) groups excluding carboxylic acids is 2. The molecule has 1 aromatic carbocycles. The van der Waals surface area contributed by atoms with Crippen molar-refractivity contribution in [1.82, 2.24) is 9.97 Å². The molecule has 2 N–H and O–H groups in total. The summed E-state index contributed by atoms with van der Waals surface area (Å²) in [6.45, 7) is 0. The van der Waals surface area contributed by atoms with Crippen molar-refractivity contribution in [2.45, 2.75) is 31.7 Å². The number of nitrogens with one attached hydrogen (secondary N) is 2. The second-order valence-corrected chi connectivity index (χ2v) is 5.94. The number of amides is 1. The SMILES string of the molecule is COC(=O)c1ccc(NC(=O)c2cc(NC3CCCC3)ncn2)cc1. The van der Waals surface area contributed by atoms with Crippen LogP contribution in [-0.2, 0) is 4.74 Å². The smallest absolute Gasteiger partial charge is 0.337 e. The largest absolute Gasteiger partial charge is 0.465 e. The maximum absolute atomic E-state index is 12.4. The average Bonchev–Trinajstić information content (AvgIpc) is 3.15. The number of rotatable bonds is 5. The molecule has 7 nitrogen and oxygen atoms in total. The first kappa shape index (κ1) is 16.9. The number of esters is 1. The van der Waals surface area contributed by atoms with Gasteiger partial charge in [-0.3, -0.25) is 4.79 Å². The molecule has 1 fully saturated rings. The molecule has 0 bridgehead atoms. The quantitative estimate of drug-likeness (QED) is 0.813. The minimum Gasteiger partial charge on any atom is -0.465 e. The van der Waals surface area contributed by atoms with Crippen LogP contribution in [0.25, 0.3) is 0 Å². The molecule has 3 rings (SSSR count). The van der Waals surface area contributed by atoms with Crippen molar-refractivity contribution in [2.24, 2.45) is 0 Å². The van der Waals surface area contributed by atoms with E-state index < -0.39 is 5.97 Å². The monoisotopic (exact) mass is 340 g/mol. The molecule has 1 heterocycles. The fraction of sp³-hybridized carbons (Fsp3) is 0.333. The maximum Gasteiger partial charge on any atom is 0.337 e. The van der Waals surface area contributed by atoms with Crippen molar-refractivity contribution in [3.05, 3.63) is 47.9 Å². The summed E-state index contributed by atoms with van der Waals surface area (Å²) in [4.78, 5) is 32.0. The number of anilines is 2. The lowest BCUT2D eigenvalue weighted by atomic mass is 10.2. The number of nitrogens with zero attached hydrogens (tertiary/aromatic N) is 2. The fourth-order valence-electron chi connectivity index (χ4n) is 2.84. The number of hydrogen-bond acceptors (Lipinski definition) is 6. The summed E-state index contributed by atoms with van der Waals surface area (Å²) in [5.74, 6) is -0.0907. The number of benzene rings is 1. The van der Waals surface area contributed by atoms with Crippen molar-refractivity contribution in [3.63, 3.8) is 0 Å². The molecule has 1 saturated carbocycles. The van der Waals surface area contributed by atoms with Gasteiger partial charge >= 0.3 is 5.97 Å². The van der Waals surface area contributed by atoms with E-state index in [1.165, 1.54) is 26.3 Å². The Morgan fingerprint density at radius 2 is 1.84 bits per heavy atom. The number of aromatic nitrogens is 2. The molecule has 25 heavy (non-hydrogen) atoms. The summed E-state index contributed by atoms with van der Waals surface area (Å²) in [5, 5.41) is 6.10. The van der Waals surface area contributed by atoms with Crippen LogP contribution in [0.4, 0.5) is 11.5 Å². The lowest BCUT2D eigenvalue weighted by molar-refractivity contribution is 0.0600. The Kier molecular flexibility index (Phi) is 5.23. The van der Waals surface area contributed by atoms with Gasteiger partial charge in [-0.15, -0.1) is 0 Å². The third-order valence-corrected chi connectivity index (χ3v) is 4.17. The Labute approximate surface area is 145 Å². The van der Waals surface area contributed by atoms with Crippen molar-refractivity contribution >= 4 is 23.4 Å². The highest BCUT2D eigenvalue weighted by Gasteiger charge is 2.16. The highest BCUT2D eigenvalue weighted by Crippen LogP contribution is 2.21. The molecule has 1 aliphatic carbocycles. The number of carbonyl (C=O) groups is 2. The van der Waals surface area contributed by atoms with Gasteiger partial charge in [-0.2, -0.15) is 0 Å². The van der Waals surface area contributed by atoms with E-state index in [4.69, 9.17) is 0 Å². The number of ether oxygens (including phenoxy) is 1. The van der Waals surface area contributed by atoms with Gasteiger partial charge in [0.05, 0.1) is 12.7 Å². The second-order valence-electron chi connectivity index (χ2n) is 5.94. The zero-order valence-electron chi connectivity index (χ0n) is 14.0. The third kappa shape index (κ3) is 4.32. The van der Waals surface area contributed by atoms with Gasteiger partial charge in [0.15, 0.2) is 0 Å². The summed E-state index contributed by atoms with van der Waals surface area (Å²) in [5.41, 5.74) is 1.28. The van der Waals surface area contributed by atoms with Crippen molar-refractivity contribution in [3.8, 4) is 0 Å². The van der Waals surface area contributed by atoms with Crippen LogP contribution in [0.2, 0.25) is 0 Å². The molecule has 1 aromatic heterocycles. The van der Waals surface area contributed by atoms with E-state index in [0.717, 1.165) is 12.8 Å². The van der Waals surface area contributed by atoms with E-state index >= 15 is 0 Å². The Morgan fingerprint density at radius 3 is 2.52 bits per heavy atom. The second kappa shape index (κ2) is 7.74. The summed E-state index contributed by atoms with van der Waals surface area (Å²) in [7, 11) is 1.32. The zero-order valence-corrected chi connectivity index (χ0v) is 14.0. The van der Waals surface area contributed by atoms with Crippen LogP contribution < -0.4 is 10.6 Å². The number of methoxy groups -OCH3 is 1. The summed E-state index contributed by atoms with van der Waals surface area (Å²) >= 11 is 0. The molecular weight excluding hydrogens is 320 g/mol. The van der Waals surface area contributed by atoms with Gasteiger partial charge in [0.1, 0.15) is 17.8 Å². The van der Waals surface area contributed by atoms with E-state index in [2.05, 4.69) is 25.3 Å². The molecule has 0 spiro atoms. The van der Waals surface area contributed by atoms with Gasteiger partial charge in [-0.25, -0.2) is 14.8 Å². The lowest BCUT2D eigenvalue weighted by Crippen LogP contribution is -2.18. The predicted octanol–water partition coefficient (Wildman–Crippen LogP) is 2.87. The minimum atomic E-state index is -0.420. The van der Waals surface area contributed by atoms with E-state index in [9.17, 15) is 9.59 Å². The molecule has 7 heteroatoms. The molecule has 1 aliphatic rings. The van der Waals surface area contributed by atoms with E-state index in [1.54, 1.807) is 30.3 Å². The minimum absolute atomic E-state index is 0.285. The van der Waals surface area contributed by atoms with Crippen LogP contribution in [0, 0.1) is 0 Å². The van der Waals surface area contributed by atoms with Crippen molar-refractivity contribution in [2.75, 3.05) is 17.7 Å². The average molecular weight is 340 g/mol. The van der Waals surface area contributed by atoms with Crippen LogP contribution in [0.15, 0.2) is 36.7 Å². The van der Waals surface area contributed by atoms with Crippen LogP contribution in [0.1, 0.15) is 46.5 Å². The first-order valence-electron chi connectivity index (χ1n) is 8.24. The fourth-order valence-corrected chi connectivity index (χ4v) is 2.84. The van der Waals surface area contributed by atoms with Crippen LogP contribution in [0.3, 0.4) is 0 Å². The topological polar surface area (TPSA) is 93.2 Å². The summed E-state index contributed by atoms with van der Waals surface area (Å²) < 4.78 is 4.64. The van der Waals surface area contributed by atoms with Crippen LogP contribution in [-0.4, -0.2) is 35.0 Å². The Morgan fingerprint density at radius 1 is 1.12 bits per heavy atom. The molecule has 0 unspecified atom stereocenters. The standard InChI is InChI=1S/C18H20N4O3/c1-25-18(24)12-6-8-14(9-7-12)22-17(23)15-10-16(20-11-19-15)21-13-4-2-3-5-13/h6-11,13H,2-5H2,1H3,(H,22,23)(H,19,20,21). The van der Waals surface area contributed by atoms with Gasteiger partial charge in [-0.1, -0.05) is 12.8 Å². The van der Waals surface area contributed by atoms with Crippen molar-refractivity contribution in [1.29, 1.82) is 0 Å². The molecule has 2 aromatic rings. The predicted molar refractivity (Wildman–Crippen MR) is 93.6 cm³/mol. The van der Waals surface area contributed by atoms with Crippen LogP contribution >= 0.6 is 0 Å². The highest BCUT2D eigenvalue weighted by atomic mass is 16.5. The first-order valence-corrected chi connectivity index (χ1v) is 8.24. The molecule has 130 valence electrons. The van der Waals surface area contributed by atoms with E-state index in [1.807, 2.05) is 0 Å². The molecule has 0 atom stereocenters. The summed E-state index contributed by atoms with van der Waals surface area (Å²) in [6.07, 6.45) is 6.07. The normalized spacial score (nSPS) is 14.1. The van der Waals surface area contributed by atoms with E-state index in [0.29, 0.717) is 23.1 Å². The molecule has 0 radical (unpaired) electrons. The molecule has 1 amide bonds. The van der Waals surface area contributed by atoms with Gasteiger partial charge in [0.2, 0.25) is 0 Å². The molecule has 0 aliphatic heterocycles. The van der Waals surface area contributed by atoms with Crippen molar-refractivity contribution < 1.29 is 14.3 Å².